The number of nitrogens with zero attached hydrogens (tertiary/aromatic N) is 1. The number of hydrogen-bond donors (Lipinski definition) is 3. The average molecular weight is 385 g/mol. The molecule has 0 aliphatic rings. The maximum absolute atomic E-state index is 12.9. The van der Waals surface area contributed by atoms with Crippen LogP contribution in [0, 0.1) is 6.92 Å². The molecule has 1 atom stereocenters. The minimum atomic E-state index is -0.237. The van der Waals surface area contributed by atoms with E-state index in [1.54, 1.807) is 12.3 Å². The van der Waals surface area contributed by atoms with E-state index in [2.05, 4.69) is 21.6 Å². The summed E-state index contributed by atoms with van der Waals surface area (Å²) in [6.07, 6.45) is 2.25. The van der Waals surface area contributed by atoms with E-state index < -0.39 is 0 Å². The first kappa shape index (κ1) is 18.9. The van der Waals surface area contributed by atoms with E-state index in [4.69, 9.17) is 0 Å². The Hall–Kier alpha value is -3.44. The second-order valence-corrected chi connectivity index (χ2v) is 7.20. The number of nitrogens with one attached hydrogen (secondary N) is 2. The van der Waals surface area contributed by atoms with Gasteiger partial charge in [-0.15, -0.1) is 0 Å². The van der Waals surface area contributed by atoms with Crippen LogP contribution in [-0.2, 0) is 0 Å². The standard InChI is InChI=1S/C24H23N3O2/c1-16-5-7-17(8-6-16)22(11-12-28)26-24(29)20-4-2-3-18(13-20)19-9-10-23-21(14-19)15-25-27-23/h2-10,13-15,22,28H,11-12H2,1H3,(H,25,27)(H,26,29). The van der Waals surface area contributed by atoms with Crippen LogP contribution in [0.1, 0.15) is 33.9 Å². The van der Waals surface area contributed by atoms with Crippen molar-refractivity contribution in [1.82, 2.24) is 15.5 Å². The first-order valence-electron chi connectivity index (χ1n) is 9.66. The maximum Gasteiger partial charge on any atom is 0.251 e. The average Bonchev–Trinajstić information content (AvgIpc) is 3.22. The molecular formula is C24H23N3O2. The second-order valence-electron chi connectivity index (χ2n) is 7.20. The quantitative estimate of drug-likeness (QED) is 0.461. The SMILES string of the molecule is Cc1ccc(C(CCO)NC(=O)c2cccc(-c3ccc4[nH]ncc4c3)c2)cc1. The van der Waals surface area contributed by atoms with Gasteiger partial charge in [0, 0.05) is 17.6 Å². The number of aryl methyl sites for hydroxylation is 1. The number of amides is 1. The van der Waals surface area contributed by atoms with E-state index in [0.717, 1.165) is 33.2 Å². The summed E-state index contributed by atoms with van der Waals surface area (Å²) >= 11 is 0. The Balaban J connectivity index is 1.57. The molecule has 1 heterocycles. The van der Waals surface area contributed by atoms with Crippen LogP contribution in [0.4, 0.5) is 0 Å². The molecule has 3 aromatic carbocycles. The first-order valence-corrected chi connectivity index (χ1v) is 9.66. The van der Waals surface area contributed by atoms with Gasteiger partial charge in [0.1, 0.15) is 0 Å². The van der Waals surface area contributed by atoms with Crippen LogP contribution in [0.25, 0.3) is 22.0 Å². The number of hydrogen-bond acceptors (Lipinski definition) is 3. The van der Waals surface area contributed by atoms with Crippen LogP contribution in [0.3, 0.4) is 0 Å². The Morgan fingerprint density at radius 2 is 1.86 bits per heavy atom. The third kappa shape index (κ3) is 4.20. The van der Waals surface area contributed by atoms with Gasteiger partial charge in [0.25, 0.3) is 5.91 Å². The van der Waals surface area contributed by atoms with Crippen LogP contribution in [-0.4, -0.2) is 27.8 Å². The molecule has 0 radical (unpaired) electrons. The van der Waals surface area contributed by atoms with Gasteiger partial charge >= 0.3 is 0 Å². The number of H-pyrrole nitrogens is 1. The summed E-state index contributed by atoms with van der Waals surface area (Å²) in [4.78, 5) is 12.9. The molecule has 4 aromatic rings. The highest BCUT2D eigenvalue weighted by atomic mass is 16.3. The molecule has 146 valence electrons. The van der Waals surface area contributed by atoms with E-state index >= 15 is 0 Å². The largest absolute Gasteiger partial charge is 0.396 e. The zero-order valence-electron chi connectivity index (χ0n) is 16.2. The van der Waals surface area contributed by atoms with Gasteiger partial charge in [-0.2, -0.15) is 5.10 Å². The summed E-state index contributed by atoms with van der Waals surface area (Å²) in [5.41, 5.74) is 5.70. The van der Waals surface area contributed by atoms with Crippen LogP contribution < -0.4 is 5.32 Å². The van der Waals surface area contributed by atoms with Crippen molar-refractivity contribution in [3.8, 4) is 11.1 Å². The third-order valence-corrected chi connectivity index (χ3v) is 5.10. The van der Waals surface area contributed by atoms with Crippen molar-refractivity contribution in [2.24, 2.45) is 0 Å². The normalized spacial score (nSPS) is 12.1. The molecule has 4 rings (SSSR count). The smallest absolute Gasteiger partial charge is 0.251 e. The minimum Gasteiger partial charge on any atom is -0.396 e. The Bertz CT molecular complexity index is 1130. The fourth-order valence-electron chi connectivity index (χ4n) is 3.45. The number of aliphatic hydroxyl groups excluding tert-OH is 1. The van der Waals surface area contributed by atoms with Gasteiger partial charge in [0.2, 0.25) is 0 Å². The summed E-state index contributed by atoms with van der Waals surface area (Å²) in [6, 6.07) is 21.4. The molecule has 0 fully saturated rings. The maximum atomic E-state index is 12.9. The Labute approximate surface area is 169 Å². The molecule has 0 aliphatic heterocycles. The number of carbonyl (C=O) groups excluding carboxylic acids is 1. The van der Waals surface area contributed by atoms with Crippen molar-refractivity contribution in [3.05, 3.63) is 89.6 Å². The van der Waals surface area contributed by atoms with E-state index in [9.17, 15) is 9.90 Å². The fourth-order valence-corrected chi connectivity index (χ4v) is 3.45. The Morgan fingerprint density at radius 1 is 1.07 bits per heavy atom. The number of fused-ring (bicyclic) bond motifs is 1. The molecule has 0 saturated heterocycles. The third-order valence-electron chi connectivity index (χ3n) is 5.10. The van der Waals surface area contributed by atoms with Crippen molar-refractivity contribution in [3.63, 3.8) is 0 Å². The lowest BCUT2D eigenvalue weighted by Crippen LogP contribution is -2.29. The molecule has 5 nitrogen and oxygen atoms in total. The summed E-state index contributed by atoms with van der Waals surface area (Å²) in [5.74, 6) is -0.157. The van der Waals surface area contributed by atoms with Crippen LogP contribution in [0.5, 0.6) is 0 Å². The molecule has 0 saturated carbocycles. The molecule has 3 N–H and O–H groups in total. The van der Waals surface area contributed by atoms with E-state index in [-0.39, 0.29) is 18.6 Å². The minimum absolute atomic E-state index is 0.00355. The lowest BCUT2D eigenvalue weighted by atomic mass is 10.00. The summed E-state index contributed by atoms with van der Waals surface area (Å²) in [5, 5.41) is 20.5. The van der Waals surface area contributed by atoms with Gasteiger partial charge in [-0.25, -0.2) is 0 Å². The molecular weight excluding hydrogens is 362 g/mol. The van der Waals surface area contributed by atoms with Crippen LogP contribution in [0.15, 0.2) is 72.9 Å². The van der Waals surface area contributed by atoms with Gasteiger partial charge in [-0.05, 0) is 54.3 Å². The van der Waals surface area contributed by atoms with E-state index in [1.165, 1.54) is 0 Å². The number of aromatic nitrogens is 2. The highest BCUT2D eigenvalue weighted by Crippen LogP contribution is 2.25. The number of aliphatic hydroxyl groups is 1. The molecule has 0 aliphatic carbocycles. The zero-order chi connectivity index (χ0) is 20.2. The van der Waals surface area contributed by atoms with Crippen molar-refractivity contribution in [2.75, 3.05) is 6.61 Å². The molecule has 29 heavy (non-hydrogen) atoms. The van der Waals surface area contributed by atoms with E-state index in [1.807, 2.05) is 61.5 Å². The van der Waals surface area contributed by atoms with E-state index in [0.29, 0.717) is 12.0 Å². The number of carbonyl (C=O) groups is 1. The highest BCUT2D eigenvalue weighted by Gasteiger charge is 2.16. The predicted molar refractivity (Wildman–Crippen MR) is 115 cm³/mol. The van der Waals surface area contributed by atoms with Gasteiger partial charge in [-0.3, -0.25) is 9.89 Å². The summed E-state index contributed by atoms with van der Waals surface area (Å²) in [6.45, 7) is 2.03. The summed E-state index contributed by atoms with van der Waals surface area (Å²) < 4.78 is 0. The van der Waals surface area contributed by atoms with Crippen molar-refractivity contribution in [2.45, 2.75) is 19.4 Å². The molecule has 0 spiro atoms. The Kier molecular flexibility index (Phi) is 5.40. The highest BCUT2D eigenvalue weighted by molar-refractivity contribution is 5.96. The lowest BCUT2D eigenvalue weighted by Gasteiger charge is -2.19. The predicted octanol–water partition coefficient (Wildman–Crippen LogP) is 4.39. The van der Waals surface area contributed by atoms with Gasteiger partial charge < -0.3 is 10.4 Å². The molecule has 1 amide bonds. The van der Waals surface area contributed by atoms with Gasteiger partial charge in [0.05, 0.1) is 17.8 Å². The molecule has 1 unspecified atom stereocenters. The van der Waals surface area contributed by atoms with Crippen molar-refractivity contribution >= 4 is 16.8 Å². The Morgan fingerprint density at radius 3 is 2.66 bits per heavy atom. The van der Waals surface area contributed by atoms with Crippen molar-refractivity contribution < 1.29 is 9.90 Å². The topological polar surface area (TPSA) is 78.0 Å². The first-order chi connectivity index (χ1) is 14.1. The fraction of sp³-hybridized carbons (Fsp3) is 0.167. The summed E-state index contributed by atoms with van der Waals surface area (Å²) in [7, 11) is 0. The number of rotatable bonds is 6. The lowest BCUT2D eigenvalue weighted by molar-refractivity contribution is 0.0930. The van der Waals surface area contributed by atoms with Crippen LogP contribution >= 0.6 is 0 Å². The number of aromatic amines is 1. The zero-order valence-corrected chi connectivity index (χ0v) is 16.2. The van der Waals surface area contributed by atoms with Gasteiger partial charge in [0.15, 0.2) is 0 Å². The van der Waals surface area contributed by atoms with Gasteiger partial charge in [-0.1, -0.05) is 48.0 Å². The number of benzene rings is 3. The molecule has 1 aromatic heterocycles. The molecule has 0 bridgehead atoms. The molecule has 5 heteroatoms. The van der Waals surface area contributed by atoms with Crippen LogP contribution in [0.2, 0.25) is 0 Å². The second kappa shape index (κ2) is 8.29. The monoisotopic (exact) mass is 385 g/mol. The van der Waals surface area contributed by atoms with Crippen molar-refractivity contribution in [1.29, 1.82) is 0 Å².